The number of aromatic nitrogens is 4. The van der Waals surface area contributed by atoms with Crippen LogP contribution < -0.4 is 0 Å². The van der Waals surface area contributed by atoms with Crippen molar-refractivity contribution in [1.82, 2.24) is 19.5 Å². The second-order valence-corrected chi connectivity index (χ2v) is 8.15. The number of rotatable bonds is 6. The van der Waals surface area contributed by atoms with E-state index in [-0.39, 0.29) is 11.9 Å². The summed E-state index contributed by atoms with van der Waals surface area (Å²) in [6, 6.07) is 10.3. The van der Waals surface area contributed by atoms with E-state index < -0.39 is 30.6 Å². The average molecular weight is 487 g/mol. The normalized spacial score (nSPS) is 22.4. The number of hydrogen-bond acceptors (Lipinski definition) is 8. The molecule has 34 heavy (non-hydrogen) atoms. The largest absolute Gasteiger partial charge is 0.463 e. The number of alkyl halides is 1. The van der Waals surface area contributed by atoms with Gasteiger partial charge in [0.25, 0.3) is 0 Å². The van der Waals surface area contributed by atoms with Crippen LogP contribution in [0.5, 0.6) is 0 Å². The van der Waals surface area contributed by atoms with E-state index >= 15 is 4.39 Å². The fourth-order valence-electron chi connectivity index (χ4n) is 3.89. The number of carbonyl (C=O) groups excluding carboxylic acids is 1. The second kappa shape index (κ2) is 9.13. The van der Waals surface area contributed by atoms with E-state index in [1.54, 1.807) is 36.4 Å². The molecule has 176 valence electrons. The molecular weight excluding hydrogens is 467 g/mol. The maximum Gasteiger partial charge on any atom is 0.338 e. The van der Waals surface area contributed by atoms with Gasteiger partial charge in [0.15, 0.2) is 23.8 Å². The molecule has 3 aromatic heterocycles. The average Bonchev–Trinajstić information content (AvgIpc) is 3.56. The Kier molecular flexibility index (Phi) is 6.03. The van der Waals surface area contributed by atoms with E-state index in [4.69, 9.17) is 30.2 Å². The summed E-state index contributed by atoms with van der Waals surface area (Å²) in [4.78, 5) is 25.2. The molecule has 1 aliphatic heterocycles. The zero-order valence-corrected chi connectivity index (χ0v) is 19.0. The predicted molar refractivity (Wildman–Crippen MR) is 119 cm³/mol. The van der Waals surface area contributed by atoms with Crippen molar-refractivity contribution >= 4 is 28.7 Å². The molecule has 11 heteroatoms. The molecule has 0 unspecified atom stereocenters. The molecule has 1 saturated heterocycles. The zero-order valence-electron chi connectivity index (χ0n) is 18.2. The van der Waals surface area contributed by atoms with Crippen molar-refractivity contribution in [2.45, 2.75) is 31.5 Å². The Labute approximate surface area is 198 Å². The van der Waals surface area contributed by atoms with Crippen LogP contribution in [0.2, 0.25) is 5.28 Å². The number of nitrogens with zero attached hydrogens (tertiary/aromatic N) is 4. The summed E-state index contributed by atoms with van der Waals surface area (Å²) in [7, 11) is 1.38. The SMILES string of the molecule is CO[C@@H]1[C@H](F)[C@@H](COC(=O)c2ccc(C)cc2)O[C@H]1n1cnc2c(-c3ccco3)nc(Cl)nc21. The van der Waals surface area contributed by atoms with Crippen LogP contribution in [0.15, 0.2) is 53.4 Å². The molecule has 5 rings (SSSR count). The van der Waals surface area contributed by atoms with Gasteiger partial charge in [0.2, 0.25) is 5.28 Å². The number of halogens is 2. The summed E-state index contributed by atoms with van der Waals surface area (Å²) in [5.74, 6) is -0.108. The van der Waals surface area contributed by atoms with Gasteiger partial charge < -0.3 is 18.6 Å². The van der Waals surface area contributed by atoms with Crippen LogP contribution in [0.3, 0.4) is 0 Å². The minimum absolute atomic E-state index is 0.0343. The Hall–Kier alpha value is -3.34. The highest BCUT2D eigenvalue weighted by Gasteiger charge is 2.47. The maximum absolute atomic E-state index is 15.2. The summed E-state index contributed by atoms with van der Waals surface area (Å²) < 4.78 is 38.8. The van der Waals surface area contributed by atoms with E-state index in [9.17, 15) is 4.79 Å². The van der Waals surface area contributed by atoms with Crippen LogP contribution in [-0.4, -0.2) is 57.6 Å². The molecule has 1 aromatic carbocycles. The molecule has 4 aromatic rings. The summed E-state index contributed by atoms with van der Waals surface area (Å²) in [6.07, 6.45) is -1.59. The number of esters is 1. The fraction of sp³-hybridized carbons (Fsp3) is 0.304. The number of aryl methyl sites for hydroxylation is 1. The van der Waals surface area contributed by atoms with Crippen molar-refractivity contribution < 1.29 is 27.8 Å². The summed E-state index contributed by atoms with van der Waals surface area (Å²) in [5, 5.41) is -0.0343. The number of furan rings is 1. The van der Waals surface area contributed by atoms with E-state index in [0.29, 0.717) is 28.2 Å². The zero-order chi connectivity index (χ0) is 23.8. The molecule has 0 radical (unpaired) electrons. The Morgan fingerprint density at radius 3 is 2.74 bits per heavy atom. The van der Waals surface area contributed by atoms with E-state index in [1.165, 1.54) is 24.3 Å². The lowest BCUT2D eigenvalue weighted by molar-refractivity contribution is -0.0616. The van der Waals surface area contributed by atoms with Gasteiger partial charge in [-0.3, -0.25) is 4.57 Å². The molecule has 1 aliphatic rings. The van der Waals surface area contributed by atoms with Gasteiger partial charge in [-0.2, -0.15) is 4.98 Å². The monoisotopic (exact) mass is 486 g/mol. The van der Waals surface area contributed by atoms with Crippen LogP contribution in [0.25, 0.3) is 22.6 Å². The number of methoxy groups -OCH3 is 1. The Morgan fingerprint density at radius 1 is 1.24 bits per heavy atom. The predicted octanol–water partition coefficient (Wildman–Crippen LogP) is 4.16. The highest BCUT2D eigenvalue weighted by Crippen LogP contribution is 2.36. The van der Waals surface area contributed by atoms with Gasteiger partial charge in [-0.15, -0.1) is 0 Å². The number of fused-ring (bicyclic) bond motifs is 1. The van der Waals surface area contributed by atoms with Crippen LogP contribution >= 0.6 is 11.6 Å². The highest BCUT2D eigenvalue weighted by atomic mass is 35.5. The number of carbonyl (C=O) groups is 1. The number of benzene rings is 1. The van der Waals surface area contributed by atoms with Gasteiger partial charge in [-0.1, -0.05) is 17.7 Å². The lowest BCUT2D eigenvalue weighted by Crippen LogP contribution is -2.32. The van der Waals surface area contributed by atoms with Gasteiger partial charge in [0, 0.05) is 7.11 Å². The van der Waals surface area contributed by atoms with Crippen molar-refractivity contribution in [3.63, 3.8) is 0 Å². The van der Waals surface area contributed by atoms with E-state index in [1.807, 2.05) is 6.92 Å². The van der Waals surface area contributed by atoms with Gasteiger partial charge in [0.1, 0.15) is 30.0 Å². The fourth-order valence-corrected chi connectivity index (χ4v) is 4.06. The molecule has 0 bridgehead atoms. The molecule has 0 saturated carbocycles. The minimum atomic E-state index is -1.57. The summed E-state index contributed by atoms with van der Waals surface area (Å²) in [5.41, 5.74) is 2.50. The number of ether oxygens (including phenoxy) is 3. The molecule has 0 amide bonds. The van der Waals surface area contributed by atoms with Crippen molar-refractivity contribution in [3.8, 4) is 11.5 Å². The van der Waals surface area contributed by atoms with E-state index in [2.05, 4.69) is 15.0 Å². The molecule has 9 nitrogen and oxygen atoms in total. The van der Waals surface area contributed by atoms with Crippen LogP contribution in [0, 0.1) is 6.92 Å². The summed E-state index contributed by atoms with van der Waals surface area (Å²) in [6.45, 7) is 1.62. The van der Waals surface area contributed by atoms with Crippen LogP contribution in [-0.2, 0) is 14.2 Å². The van der Waals surface area contributed by atoms with Crippen LogP contribution in [0.1, 0.15) is 22.1 Å². The Morgan fingerprint density at radius 2 is 2.03 bits per heavy atom. The summed E-state index contributed by atoms with van der Waals surface area (Å²) >= 11 is 6.15. The third-order valence-corrected chi connectivity index (χ3v) is 5.79. The highest BCUT2D eigenvalue weighted by molar-refractivity contribution is 6.28. The Bertz CT molecular complexity index is 1310. The van der Waals surface area contributed by atoms with Gasteiger partial charge >= 0.3 is 5.97 Å². The number of hydrogen-bond donors (Lipinski definition) is 0. The third kappa shape index (κ3) is 4.04. The molecule has 0 aliphatic carbocycles. The lowest BCUT2D eigenvalue weighted by atomic mass is 10.1. The van der Waals surface area contributed by atoms with E-state index in [0.717, 1.165) is 5.56 Å². The smallest absolute Gasteiger partial charge is 0.338 e. The molecule has 0 spiro atoms. The van der Waals surface area contributed by atoms with Gasteiger partial charge in [-0.25, -0.2) is 19.2 Å². The quantitative estimate of drug-likeness (QED) is 0.296. The molecule has 4 atom stereocenters. The third-order valence-electron chi connectivity index (χ3n) is 5.63. The molecule has 4 heterocycles. The topological polar surface area (TPSA) is 102 Å². The maximum atomic E-state index is 15.2. The van der Waals surface area contributed by atoms with Crippen molar-refractivity contribution in [2.75, 3.05) is 13.7 Å². The first-order valence-corrected chi connectivity index (χ1v) is 10.8. The standard InChI is InChI=1S/C23H20ClFN4O5/c1-12-5-7-13(8-6-12)22(30)33-10-15-16(25)19(31-2)21(34-15)29-11-26-18-17(14-4-3-9-32-14)27-23(24)28-20(18)29/h3-9,11,15-16,19,21H,10H2,1-2H3/t15-,16-,19-,21-/m1/s1. The van der Waals surface area contributed by atoms with Crippen molar-refractivity contribution in [3.05, 3.63) is 65.4 Å². The molecular formula is C23H20ClFN4O5. The van der Waals surface area contributed by atoms with Gasteiger partial charge in [-0.05, 0) is 42.8 Å². The lowest BCUT2D eigenvalue weighted by Gasteiger charge is -2.19. The first-order chi connectivity index (χ1) is 16.5. The van der Waals surface area contributed by atoms with Crippen LogP contribution in [0.4, 0.5) is 4.39 Å². The first kappa shape index (κ1) is 22.5. The molecule has 1 fully saturated rings. The Balaban J connectivity index is 1.39. The molecule has 0 N–H and O–H groups in total. The van der Waals surface area contributed by atoms with Crippen molar-refractivity contribution in [2.24, 2.45) is 0 Å². The second-order valence-electron chi connectivity index (χ2n) is 7.82. The number of imidazole rings is 1. The first-order valence-electron chi connectivity index (χ1n) is 10.5. The minimum Gasteiger partial charge on any atom is -0.463 e. The van der Waals surface area contributed by atoms with Gasteiger partial charge in [0.05, 0.1) is 18.2 Å². The van der Waals surface area contributed by atoms with Crippen molar-refractivity contribution in [1.29, 1.82) is 0 Å².